The number of carboxylic acids is 1. The number of nitrogens with one attached hydrogen (secondary N) is 1. The lowest BCUT2D eigenvalue weighted by atomic mass is 10.2. The summed E-state index contributed by atoms with van der Waals surface area (Å²) in [6.07, 6.45) is 0.321. The molecule has 0 radical (unpaired) electrons. The number of aliphatic carboxylic acids is 1. The molecule has 2 aliphatic heterocycles. The maximum atomic E-state index is 12.3. The molecule has 0 saturated carbocycles. The first-order valence-corrected chi connectivity index (χ1v) is 8.90. The summed E-state index contributed by atoms with van der Waals surface area (Å²) in [5.41, 5.74) is 0. The van der Waals surface area contributed by atoms with Crippen molar-refractivity contribution in [3.8, 4) is 0 Å². The van der Waals surface area contributed by atoms with Gasteiger partial charge < -0.3 is 10.0 Å². The van der Waals surface area contributed by atoms with Crippen molar-refractivity contribution in [1.82, 2.24) is 10.2 Å². The zero-order valence-electron chi connectivity index (χ0n) is 10.2. The van der Waals surface area contributed by atoms with Crippen LogP contribution in [0.4, 0.5) is 0 Å². The van der Waals surface area contributed by atoms with Crippen molar-refractivity contribution in [1.29, 1.82) is 0 Å². The first kappa shape index (κ1) is 14.6. The maximum Gasteiger partial charge on any atom is 0.323 e. The van der Waals surface area contributed by atoms with E-state index < -0.39 is 34.4 Å². The van der Waals surface area contributed by atoms with Gasteiger partial charge in [0.05, 0.1) is 17.5 Å². The predicted molar refractivity (Wildman–Crippen MR) is 70.7 cm³/mol. The maximum absolute atomic E-state index is 12.3. The Bertz CT molecular complexity index is 472. The average molecular weight is 308 g/mol. The fourth-order valence-corrected chi connectivity index (χ4v) is 4.97. The normalized spacial score (nSPS) is 29.3. The summed E-state index contributed by atoms with van der Waals surface area (Å²) in [4.78, 5) is 24.4. The molecule has 2 rings (SSSR count). The monoisotopic (exact) mass is 308 g/mol. The quantitative estimate of drug-likeness (QED) is 0.668. The van der Waals surface area contributed by atoms with Gasteiger partial charge in [-0.2, -0.15) is 0 Å². The molecule has 9 heteroatoms. The zero-order valence-corrected chi connectivity index (χ0v) is 11.9. The van der Waals surface area contributed by atoms with Gasteiger partial charge in [-0.05, 0) is 6.42 Å². The van der Waals surface area contributed by atoms with E-state index >= 15 is 0 Å². The van der Waals surface area contributed by atoms with Gasteiger partial charge in [0.1, 0.15) is 6.54 Å². The lowest BCUT2D eigenvalue weighted by Gasteiger charge is -2.28. The number of sulfone groups is 1. The first-order valence-electron chi connectivity index (χ1n) is 5.93. The fraction of sp³-hybridized carbons (Fsp3) is 0.800. The van der Waals surface area contributed by atoms with Crippen molar-refractivity contribution < 1.29 is 23.1 Å². The van der Waals surface area contributed by atoms with E-state index in [0.29, 0.717) is 18.1 Å². The van der Waals surface area contributed by atoms with Crippen LogP contribution in [0.2, 0.25) is 0 Å². The smallest absolute Gasteiger partial charge is 0.323 e. The minimum absolute atomic E-state index is 0.0217. The van der Waals surface area contributed by atoms with Gasteiger partial charge >= 0.3 is 5.97 Å². The topological polar surface area (TPSA) is 104 Å². The number of carbonyl (C=O) groups is 2. The van der Waals surface area contributed by atoms with Crippen LogP contribution in [0.15, 0.2) is 0 Å². The van der Waals surface area contributed by atoms with Crippen molar-refractivity contribution in [3.63, 3.8) is 0 Å². The Balaban J connectivity index is 2.11. The van der Waals surface area contributed by atoms with Crippen LogP contribution in [-0.2, 0) is 19.4 Å². The van der Waals surface area contributed by atoms with Crippen molar-refractivity contribution in [2.75, 3.05) is 29.7 Å². The van der Waals surface area contributed by atoms with E-state index in [4.69, 9.17) is 5.11 Å². The van der Waals surface area contributed by atoms with Crippen molar-refractivity contribution in [3.05, 3.63) is 0 Å². The number of amides is 1. The molecule has 0 aromatic rings. The minimum Gasteiger partial charge on any atom is -0.480 e. The van der Waals surface area contributed by atoms with Crippen molar-refractivity contribution in [2.45, 2.75) is 18.5 Å². The van der Waals surface area contributed by atoms with E-state index in [1.54, 1.807) is 11.8 Å². The SMILES string of the molecule is O=C(O)CN(C(=O)C1CSCN1)C1CCS(=O)(=O)C1. The summed E-state index contributed by atoms with van der Waals surface area (Å²) in [5, 5.41) is 11.9. The lowest BCUT2D eigenvalue weighted by molar-refractivity contribution is -0.146. The number of carbonyl (C=O) groups excluding carboxylic acids is 1. The van der Waals surface area contributed by atoms with E-state index in [9.17, 15) is 18.0 Å². The van der Waals surface area contributed by atoms with E-state index in [0.717, 1.165) is 0 Å². The van der Waals surface area contributed by atoms with Crippen LogP contribution < -0.4 is 5.32 Å². The van der Waals surface area contributed by atoms with Gasteiger partial charge in [0, 0.05) is 17.7 Å². The summed E-state index contributed by atoms with van der Waals surface area (Å²) in [6.45, 7) is -0.443. The van der Waals surface area contributed by atoms with Gasteiger partial charge in [0.25, 0.3) is 0 Å². The zero-order chi connectivity index (χ0) is 14.0. The van der Waals surface area contributed by atoms with Crippen LogP contribution in [0.3, 0.4) is 0 Å². The number of hydrogen-bond donors (Lipinski definition) is 2. The second-order valence-electron chi connectivity index (χ2n) is 4.69. The standard InChI is InChI=1S/C10H16N2O5S2/c13-9(14)3-12(7-1-2-19(16,17)5-7)10(15)8-4-18-6-11-8/h7-8,11H,1-6H2,(H,13,14). The molecular formula is C10H16N2O5S2. The molecule has 108 valence electrons. The Kier molecular flexibility index (Phi) is 4.36. The second kappa shape index (κ2) is 5.68. The number of rotatable bonds is 4. The molecule has 2 saturated heterocycles. The highest BCUT2D eigenvalue weighted by atomic mass is 32.2. The number of hydrogen-bond acceptors (Lipinski definition) is 6. The van der Waals surface area contributed by atoms with Gasteiger partial charge in [-0.1, -0.05) is 0 Å². The van der Waals surface area contributed by atoms with Crippen LogP contribution in [0.5, 0.6) is 0 Å². The summed E-state index contributed by atoms with van der Waals surface area (Å²) in [6, 6.07) is -0.923. The first-order chi connectivity index (χ1) is 8.89. The van der Waals surface area contributed by atoms with E-state index in [-0.39, 0.29) is 17.4 Å². The summed E-state index contributed by atoms with van der Waals surface area (Å²) < 4.78 is 22.9. The highest BCUT2D eigenvalue weighted by Gasteiger charge is 2.38. The molecule has 0 aromatic heterocycles. The largest absolute Gasteiger partial charge is 0.480 e. The van der Waals surface area contributed by atoms with Crippen LogP contribution in [-0.4, -0.2) is 72.1 Å². The van der Waals surface area contributed by atoms with Crippen molar-refractivity contribution in [2.24, 2.45) is 0 Å². The third kappa shape index (κ3) is 3.61. The molecule has 2 aliphatic rings. The van der Waals surface area contributed by atoms with E-state index in [1.807, 2.05) is 0 Å². The molecule has 2 N–H and O–H groups in total. The highest BCUT2D eigenvalue weighted by molar-refractivity contribution is 7.99. The Morgan fingerprint density at radius 2 is 2.16 bits per heavy atom. The Morgan fingerprint density at radius 1 is 1.42 bits per heavy atom. The van der Waals surface area contributed by atoms with Gasteiger partial charge in [0.15, 0.2) is 9.84 Å². The van der Waals surface area contributed by atoms with Gasteiger partial charge in [-0.15, -0.1) is 11.8 Å². The van der Waals surface area contributed by atoms with E-state index in [1.165, 1.54) is 4.90 Å². The van der Waals surface area contributed by atoms with Crippen LogP contribution in [0.25, 0.3) is 0 Å². The third-order valence-electron chi connectivity index (χ3n) is 3.25. The molecule has 1 amide bonds. The summed E-state index contributed by atoms with van der Waals surface area (Å²) >= 11 is 1.56. The molecule has 2 heterocycles. The molecule has 19 heavy (non-hydrogen) atoms. The van der Waals surface area contributed by atoms with Crippen molar-refractivity contribution >= 4 is 33.5 Å². The predicted octanol–water partition coefficient (Wildman–Crippen LogP) is -1.25. The minimum atomic E-state index is -3.15. The molecule has 7 nitrogen and oxygen atoms in total. The lowest BCUT2D eigenvalue weighted by Crippen LogP contribution is -2.51. The summed E-state index contributed by atoms with van der Waals surface area (Å²) in [7, 11) is -3.15. The molecular weight excluding hydrogens is 292 g/mol. The Hall–Kier alpha value is -0.800. The van der Waals surface area contributed by atoms with Crippen LogP contribution in [0.1, 0.15) is 6.42 Å². The van der Waals surface area contributed by atoms with Crippen LogP contribution >= 0.6 is 11.8 Å². The molecule has 0 spiro atoms. The molecule has 0 bridgehead atoms. The van der Waals surface area contributed by atoms with Crippen LogP contribution in [0, 0.1) is 0 Å². The van der Waals surface area contributed by atoms with Gasteiger partial charge in [0.2, 0.25) is 5.91 Å². The average Bonchev–Trinajstić information content (AvgIpc) is 2.94. The van der Waals surface area contributed by atoms with Gasteiger partial charge in [-0.25, -0.2) is 8.42 Å². The molecule has 2 unspecified atom stereocenters. The molecule has 2 atom stereocenters. The number of nitrogens with zero attached hydrogens (tertiary/aromatic N) is 1. The summed E-state index contributed by atoms with van der Waals surface area (Å²) in [5.74, 6) is -0.299. The highest BCUT2D eigenvalue weighted by Crippen LogP contribution is 2.20. The Labute approximate surface area is 115 Å². The van der Waals surface area contributed by atoms with E-state index in [2.05, 4.69) is 5.32 Å². The van der Waals surface area contributed by atoms with Gasteiger partial charge in [-0.3, -0.25) is 14.9 Å². The molecule has 0 aromatic carbocycles. The third-order valence-corrected chi connectivity index (χ3v) is 5.94. The number of carboxylic acid groups (broad SMARTS) is 1. The number of thioether (sulfide) groups is 1. The molecule has 0 aliphatic carbocycles. The Morgan fingerprint density at radius 3 is 2.63 bits per heavy atom. The fourth-order valence-electron chi connectivity index (χ4n) is 2.31. The molecule has 2 fully saturated rings. The second-order valence-corrected chi connectivity index (χ2v) is 7.95.